The van der Waals surface area contributed by atoms with E-state index >= 15 is 0 Å². The third-order valence-electron chi connectivity index (χ3n) is 3.34. The standard InChI is InChI=1S/C15H21N3O/c1-7-18(5,6)10-14(19)17-15-11(2)8-13(16-4)9-12(15)3/h8-9H,7,10H2,1-3,5-6H3/p+1. The zero-order chi connectivity index (χ0) is 14.6. The number of hydrogen-bond donors (Lipinski definition) is 1. The minimum Gasteiger partial charge on any atom is -0.321 e. The summed E-state index contributed by atoms with van der Waals surface area (Å²) in [6.45, 7) is 14.3. The van der Waals surface area contributed by atoms with Crippen LogP contribution >= 0.6 is 0 Å². The maximum Gasteiger partial charge on any atom is 0.279 e. The molecule has 4 heteroatoms. The van der Waals surface area contributed by atoms with Crippen molar-refractivity contribution in [3.63, 3.8) is 0 Å². The van der Waals surface area contributed by atoms with E-state index in [1.54, 1.807) is 12.1 Å². The van der Waals surface area contributed by atoms with E-state index < -0.39 is 0 Å². The summed E-state index contributed by atoms with van der Waals surface area (Å²) < 4.78 is 0.657. The third-order valence-corrected chi connectivity index (χ3v) is 3.34. The number of benzene rings is 1. The summed E-state index contributed by atoms with van der Waals surface area (Å²) in [7, 11) is 4.06. The van der Waals surface area contributed by atoms with E-state index in [4.69, 9.17) is 6.57 Å². The minimum atomic E-state index is 0.00797. The molecule has 0 bridgehead atoms. The Hall–Kier alpha value is -1.86. The monoisotopic (exact) mass is 260 g/mol. The molecule has 0 atom stereocenters. The molecule has 0 fully saturated rings. The van der Waals surface area contributed by atoms with Crippen LogP contribution < -0.4 is 5.32 Å². The van der Waals surface area contributed by atoms with E-state index in [9.17, 15) is 4.79 Å². The number of likely N-dealkylation sites (N-methyl/N-ethyl adjacent to an activating group) is 1. The van der Waals surface area contributed by atoms with Crippen molar-refractivity contribution >= 4 is 17.3 Å². The molecule has 4 nitrogen and oxygen atoms in total. The van der Waals surface area contributed by atoms with Gasteiger partial charge in [-0.05, 0) is 31.9 Å². The summed E-state index contributed by atoms with van der Waals surface area (Å²) in [6.07, 6.45) is 0. The Kier molecular flexibility index (Phi) is 4.68. The zero-order valence-corrected chi connectivity index (χ0v) is 12.4. The van der Waals surface area contributed by atoms with Crippen LogP contribution in [0.2, 0.25) is 0 Å². The van der Waals surface area contributed by atoms with Gasteiger partial charge in [-0.25, -0.2) is 4.85 Å². The largest absolute Gasteiger partial charge is 0.321 e. The van der Waals surface area contributed by atoms with Crippen molar-refractivity contribution in [2.75, 3.05) is 32.5 Å². The highest BCUT2D eigenvalue weighted by Crippen LogP contribution is 2.26. The molecule has 1 aromatic carbocycles. The molecule has 0 unspecified atom stereocenters. The molecular weight excluding hydrogens is 238 g/mol. The molecule has 0 aliphatic carbocycles. The van der Waals surface area contributed by atoms with E-state index in [0.717, 1.165) is 23.4 Å². The van der Waals surface area contributed by atoms with Gasteiger partial charge in [-0.1, -0.05) is 12.1 Å². The summed E-state index contributed by atoms with van der Waals surface area (Å²) in [5.74, 6) is 0.00797. The van der Waals surface area contributed by atoms with E-state index in [0.29, 0.717) is 16.7 Å². The molecule has 0 radical (unpaired) electrons. The second kappa shape index (κ2) is 5.85. The molecule has 19 heavy (non-hydrogen) atoms. The summed E-state index contributed by atoms with van der Waals surface area (Å²) in [4.78, 5) is 15.5. The maximum atomic E-state index is 12.1. The van der Waals surface area contributed by atoms with Crippen LogP contribution in [0.1, 0.15) is 18.1 Å². The summed E-state index contributed by atoms with van der Waals surface area (Å²) >= 11 is 0. The van der Waals surface area contributed by atoms with Gasteiger partial charge in [0.05, 0.1) is 27.2 Å². The van der Waals surface area contributed by atoms with Gasteiger partial charge < -0.3 is 9.80 Å². The third kappa shape index (κ3) is 4.08. The van der Waals surface area contributed by atoms with Gasteiger partial charge in [0, 0.05) is 5.69 Å². The topological polar surface area (TPSA) is 33.5 Å². The zero-order valence-electron chi connectivity index (χ0n) is 12.4. The van der Waals surface area contributed by atoms with E-state index in [1.165, 1.54) is 0 Å². The van der Waals surface area contributed by atoms with Crippen molar-refractivity contribution in [1.82, 2.24) is 0 Å². The predicted octanol–water partition coefficient (Wildman–Crippen LogP) is 2.89. The summed E-state index contributed by atoms with van der Waals surface area (Å²) in [5.41, 5.74) is 3.30. The average molecular weight is 260 g/mol. The van der Waals surface area contributed by atoms with Gasteiger partial charge in [0.25, 0.3) is 5.91 Å². The Morgan fingerprint density at radius 1 is 1.32 bits per heavy atom. The van der Waals surface area contributed by atoms with E-state index in [1.807, 2.05) is 27.9 Å². The molecule has 0 heterocycles. The number of anilines is 1. The molecule has 102 valence electrons. The van der Waals surface area contributed by atoms with Crippen LogP contribution in [0.4, 0.5) is 11.4 Å². The Balaban J connectivity index is 2.90. The van der Waals surface area contributed by atoms with Gasteiger partial charge in [-0.2, -0.15) is 0 Å². The lowest BCUT2D eigenvalue weighted by molar-refractivity contribution is -0.880. The molecule has 0 aliphatic rings. The minimum absolute atomic E-state index is 0.00797. The SMILES string of the molecule is [C-]#[N+]c1cc(C)c(NC(=O)C[N+](C)(C)CC)c(C)c1. The first-order chi connectivity index (χ1) is 8.79. The molecule has 0 saturated heterocycles. The molecule has 0 aromatic heterocycles. The average Bonchev–Trinajstić information content (AvgIpc) is 2.33. The van der Waals surface area contributed by atoms with Crippen LogP contribution in [0.15, 0.2) is 12.1 Å². The van der Waals surface area contributed by atoms with Crippen molar-refractivity contribution in [1.29, 1.82) is 0 Å². The van der Waals surface area contributed by atoms with Crippen molar-refractivity contribution in [2.24, 2.45) is 0 Å². The van der Waals surface area contributed by atoms with Crippen molar-refractivity contribution in [2.45, 2.75) is 20.8 Å². The van der Waals surface area contributed by atoms with E-state index in [-0.39, 0.29) is 5.91 Å². The fourth-order valence-electron chi connectivity index (χ4n) is 1.88. The van der Waals surface area contributed by atoms with Crippen LogP contribution in [-0.2, 0) is 4.79 Å². The molecule has 0 saturated carbocycles. The molecule has 1 rings (SSSR count). The molecule has 1 aromatic rings. The smallest absolute Gasteiger partial charge is 0.279 e. The normalized spacial score (nSPS) is 10.9. The fourth-order valence-corrected chi connectivity index (χ4v) is 1.88. The number of carbonyl (C=O) groups is 1. The molecule has 1 N–H and O–H groups in total. The van der Waals surface area contributed by atoms with Gasteiger partial charge in [-0.15, -0.1) is 0 Å². The lowest BCUT2D eigenvalue weighted by Gasteiger charge is -2.27. The highest BCUT2D eigenvalue weighted by Gasteiger charge is 2.18. The first kappa shape index (κ1) is 15.2. The van der Waals surface area contributed by atoms with Crippen molar-refractivity contribution in [3.05, 3.63) is 34.7 Å². The second-order valence-corrected chi connectivity index (χ2v) is 5.52. The Bertz CT molecular complexity index is 504. The first-order valence-corrected chi connectivity index (χ1v) is 6.39. The number of quaternary nitrogens is 1. The molecule has 0 aliphatic heterocycles. The van der Waals surface area contributed by atoms with Crippen LogP contribution in [0.3, 0.4) is 0 Å². The van der Waals surface area contributed by atoms with Crippen LogP contribution in [-0.4, -0.2) is 37.6 Å². The van der Waals surface area contributed by atoms with Crippen LogP contribution in [0.25, 0.3) is 4.85 Å². The number of rotatable bonds is 4. The fraction of sp³-hybridized carbons (Fsp3) is 0.467. The Morgan fingerprint density at radius 3 is 2.26 bits per heavy atom. The van der Waals surface area contributed by atoms with Crippen molar-refractivity contribution in [3.8, 4) is 0 Å². The highest BCUT2D eigenvalue weighted by atomic mass is 16.2. The number of aryl methyl sites for hydroxylation is 2. The number of nitrogens with zero attached hydrogens (tertiary/aromatic N) is 2. The number of amides is 1. The quantitative estimate of drug-likeness (QED) is 0.655. The van der Waals surface area contributed by atoms with Gasteiger partial charge >= 0.3 is 0 Å². The van der Waals surface area contributed by atoms with Crippen LogP contribution in [0.5, 0.6) is 0 Å². The van der Waals surface area contributed by atoms with Gasteiger partial charge in [0.1, 0.15) is 0 Å². The van der Waals surface area contributed by atoms with E-state index in [2.05, 4.69) is 17.1 Å². The van der Waals surface area contributed by atoms with Crippen molar-refractivity contribution < 1.29 is 9.28 Å². The summed E-state index contributed by atoms with van der Waals surface area (Å²) in [5, 5.41) is 2.96. The molecule has 0 spiro atoms. The lowest BCUT2D eigenvalue weighted by atomic mass is 10.1. The Labute approximate surface area is 115 Å². The predicted molar refractivity (Wildman–Crippen MR) is 78.3 cm³/mol. The molecular formula is C15H22N3O+. The second-order valence-electron chi connectivity index (χ2n) is 5.52. The lowest BCUT2D eigenvalue weighted by Crippen LogP contribution is -2.45. The van der Waals surface area contributed by atoms with Gasteiger partial charge in [-0.3, -0.25) is 4.79 Å². The number of nitrogens with one attached hydrogen (secondary N) is 1. The number of hydrogen-bond acceptors (Lipinski definition) is 1. The maximum absolute atomic E-state index is 12.1. The van der Waals surface area contributed by atoms with Gasteiger partial charge in [0.2, 0.25) is 0 Å². The molecule has 1 amide bonds. The number of carbonyl (C=O) groups excluding carboxylic acids is 1. The Morgan fingerprint density at radius 2 is 1.84 bits per heavy atom. The summed E-state index contributed by atoms with van der Waals surface area (Å²) in [6, 6.07) is 3.60. The van der Waals surface area contributed by atoms with Gasteiger partial charge in [0.15, 0.2) is 12.2 Å². The first-order valence-electron chi connectivity index (χ1n) is 6.39. The highest BCUT2D eigenvalue weighted by molar-refractivity contribution is 5.93. The van der Waals surface area contributed by atoms with Crippen LogP contribution in [0, 0.1) is 20.4 Å².